The molecule has 1 unspecified atom stereocenters. The Morgan fingerprint density at radius 2 is 1.80 bits per heavy atom. The van der Waals surface area contributed by atoms with Gasteiger partial charge in [0.25, 0.3) is 0 Å². The predicted molar refractivity (Wildman–Crippen MR) is 99.6 cm³/mol. The van der Waals surface area contributed by atoms with Crippen LogP contribution >= 0.6 is 11.6 Å². The minimum absolute atomic E-state index is 0.225. The van der Waals surface area contributed by atoms with Crippen molar-refractivity contribution in [3.63, 3.8) is 0 Å². The second-order valence-corrected chi connectivity index (χ2v) is 5.99. The number of benzene rings is 2. The Morgan fingerprint density at radius 1 is 1.08 bits per heavy atom. The van der Waals surface area contributed by atoms with Crippen molar-refractivity contribution in [2.75, 3.05) is 14.2 Å². The van der Waals surface area contributed by atoms with Gasteiger partial charge in [-0.1, -0.05) is 17.7 Å². The lowest BCUT2D eigenvalue weighted by atomic mass is 9.96. The lowest BCUT2D eigenvalue weighted by molar-refractivity contribution is 0.414. The van der Waals surface area contributed by atoms with E-state index in [1.165, 1.54) is 0 Å². The molecule has 0 spiro atoms. The van der Waals surface area contributed by atoms with E-state index in [1.807, 2.05) is 36.4 Å². The van der Waals surface area contributed by atoms with E-state index < -0.39 is 5.66 Å². The SMILES string of the molecule is COc1ccc(C2=CC(N)(c3ccc(OC)c(Cl)c3)N=C(N)N2)cc1. The number of halogens is 1. The van der Waals surface area contributed by atoms with Gasteiger partial charge in [0.05, 0.1) is 19.2 Å². The lowest BCUT2D eigenvalue weighted by Gasteiger charge is -2.29. The number of methoxy groups -OCH3 is 2. The van der Waals surface area contributed by atoms with Gasteiger partial charge in [-0.2, -0.15) is 0 Å². The maximum absolute atomic E-state index is 6.51. The molecule has 1 aliphatic rings. The van der Waals surface area contributed by atoms with Crippen molar-refractivity contribution in [2.45, 2.75) is 5.66 Å². The Hall–Kier alpha value is -2.70. The molecule has 2 aromatic carbocycles. The molecule has 0 aliphatic carbocycles. The van der Waals surface area contributed by atoms with Gasteiger partial charge < -0.3 is 20.5 Å². The molecule has 0 saturated heterocycles. The van der Waals surface area contributed by atoms with Crippen LogP contribution in [0.2, 0.25) is 5.02 Å². The molecule has 130 valence electrons. The third-order valence-electron chi connectivity index (χ3n) is 3.95. The Balaban J connectivity index is 2.02. The van der Waals surface area contributed by atoms with E-state index in [1.54, 1.807) is 26.4 Å². The number of aliphatic imine (C=N–C) groups is 1. The second-order valence-electron chi connectivity index (χ2n) is 5.58. The third-order valence-corrected chi connectivity index (χ3v) is 4.24. The molecule has 5 N–H and O–H groups in total. The zero-order valence-electron chi connectivity index (χ0n) is 13.9. The van der Waals surface area contributed by atoms with Crippen molar-refractivity contribution in [2.24, 2.45) is 16.5 Å². The largest absolute Gasteiger partial charge is 0.497 e. The minimum Gasteiger partial charge on any atom is -0.497 e. The highest BCUT2D eigenvalue weighted by atomic mass is 35.5. The zero-order valence-corrected chi connectivity index (χ0v) is 14.7. The van der Waals surface area contributed by atoms with Gasteiger partial charge in [0.2, 0.25) is 0 Å². The van der Waals surface area contributed by atoms with Crippen LogP contribution in [-0.2, 0) is 5.66 Å². The van der Waals surface area contributed by atoms with Crippen LogP contribution in [0.3, 0.4) is 0 Å². The fourth-order valence-corrected chi connectivity index (χ4v) is 2.90. The van der Waals surface area contributed by atoms with Crippen LogP contribution in [-0.4, -0.2) is 20.2 Å². The number of nitrogens with one attached hydrogen (secondary N) is 1. The Labute approximate surface area is 151 Å². The number of nitrogens with zero attached hydrogens (tertiary/aromatic N) is 1. The zero-order chi connectivity index (χ0) is 18.0. The molecule has 3 rings (SSSR count). The smallest absolute Gasteiger partial charge is 0.195 e. The highest BCUT2D eigenvalue weighted by molar-refractivity contribution is 6.32. The van der Waals surface area contributed by atoms with E-state index in [4.69, 9.17) is 32.5 Å². The van der Waals surface area contributed by atoms with E-state index in [-0.39, 0.29) is 5.96 Å². The Kier molecular flexibility index (Phi) is 4.57. The van der Waals surface area contributed by atoms with E-state index in [2.05, 4.69) is 10.3 Å². The summed E-state index contributed by atoms with van der Waals surface area (Å²) >= 11 is 6.22. The molecule has 0 aromatic heterocycles. The van der Waals surface area contributed by atoms with Gasteiger partial charge in [-0.05, 0) is 53.6 Å². The van der Waals surface area contributed by atoms with E-state index >= 15 is 0 Å². The minimum atomic E-state index is -1.14. The van der Waals surface area contributed by atoms with Crippen molar-refractivity contribution in [1.82, 2.24) is 5.32 Å². The van der Waals surface area contributed by atoms with Crippen molar-refractivity contribution in [3.05, 3.63) is 64.7 Å². The van der Waals surface area contributed by atoms with Crippen molar-refractivity contribution >= 4 is 23.3 Å². The van der Waals surface area contributed by atoms with Crippen LogP contribution in [0.25, 0.3) is 5.70 Å². The van der Waals surface area contributed by atoms with Crippen LogP contribution in [0.4, 0.5) is 0 Å². The molecule has 6 nitrogen and oxygen atoms in total. The third kappa shape index (κ3) is 3.40. The standard InChI is InChI=1S/C18H19ClN4O2/c1-24-13-6-3-11(4-7-13)15-10-18(21,23-17(20)22-15)12-5-8-16(25-2)14(19)9-12/h3-10H,21H2,1-2H3,(H3,20,22,23). The molecule has 0 bridgehead atoms. The Morgan fingerprint density at radius 3 is 2.40 bits per heavy atom. The first kappa shape index (κ1) is 17.1. The molecule has 0 amide bonds. The molecule has 7 heteroatoms. The molecular formula is C18H19ClN4O2. The van der Waals surface area contributed by atoms with Crippen molar-refractivity contribution in [3.8, 4) is 11.5 Å². The van der Waals surface area contributed by atoms with Gasteiger partial charge in [-0.15, -0.1) is 0 Å². The lowest BCUT2D eigenvalue weighted by Crippen LogP contribution is -2.44. The monoisotopic (exact) mass is 358 g/mol. The van der Waals surface area contributed by atoms with Gasteiger partial charge in [0.1, 0.15) is 11.5 Å². The van der Waals surface area contributed by atoms with Gasteiger partial charge in [-0.25, -0.2) is 4.99 Å². The highest BCUT2D eigenvalue weighted by Gasteiger charge is 2.30. The maximum Gasteiger partial charge on any atom is 0.195 e. The summed E-state index contributed by atoms with van der Waals surface area (Å²) in [6.07, 6.45) is 1.81. The van der Waals surface area contributed by atoms with Crippen molar-refractivity contribution < 1.29 is 9.47 Å². The first-order chi connectivity index (χ1) is 11.9. The van der Waals surface area contributed by atoms with Crippen LogP contribution < -0.4 is 26.3 Å². The quantitative estimate of drug-likeness (QED) is 0.780. The first-order valence-corrected chi connectivity index (χ1v) is 7.95. The molecule has 0 radical (unpaired) electrons. The summed E-state index contributed by atoms with van der Waals surface area (Å²) < 4.78 is 10.4. The summed E-state index contributed by atoms with van der Waals surface area (Å²) in [7, 11) is 3.18. The number of ether oxygens (including phenoxy) is 2. The summed E-state index contributed by atoms with van der Waals surface area (Å²) in [6.45, 7) is 0. The van der Waals surface area contributed by atoms with Crippen molar-refractivity contribution in [1.29, 1.82) is 0 Å². The second kappa shape index (κ2) is 6.66. The van der Waals surface area contributed by atoms with Crippen LogP contribution in [0.1, 0.15) is 11.1 Å². The molecule has 0 fully saturated rings. The van der Waals surface area contributed by atoms with E-state index in [9.17, 15) is 0 Å². The first-order valence-electron chi connectivity index (χ1n) is 7.58. The normalized spacial score (nSPS) is 19.5. The van der Waals surface area contributed by atoms with E-state index in [0.29, 0.717) is 16.3 Å². The predicted octanol–water partition coefficient (Wildman–Crippen LogP) is 2.43. The average Bonchev–Trinajstić information content (AvgIpc) is 2.61. The van der Waals surface area contributed by atoms with E-state index in [0.717, 1.165) is 17.0 Å². The van der Waals surface area contributed by atoms with Crippen LogP contribution in [0.15, 0.2) is 53.5 Å². The fourth-order valence-electron chi connectivity index (χ4n) is 2.64. The number of rotatable bonds is 4. The van der Waals surface area contributed by atoms with Gasteiger partial charge in [-0.3, -0.25) is 5.73 Å². The molecule has 1 atom stereocenters. The summed E-state index contributed by atoms with van der Waals surface area (Å²) in [5.74, 6) is 1.56. The summed E-state index contributed by atoms with van der Waals surface area (Å²) in [5, 5.41) is 3.50. The molecular weight excluding hydrogens is 340 g/mol. The maximum atomic E-state index is 6.51. The number of guanidine groups is 1. The number of hydrogen-bond acceptors (Lipinski definition) is 6. The molecule has 1 heterocycles. The summed E-state index contributed by atoms with van der Waals surface area (Å²) in [6, 6.07) is 12.8. The fraction of sp³-hybridized carbons (Fsp3) is 0.167. The molecule has 2 aromatic rings. The molecule has 25 heavy (non-hydrogen) atoms. The molecule has 1 aliphatic heterocycles. The number of hydrogen-bond donors (Lipinski definition) is 3. The van der Waals surface area contributed by atoms with Gasteiger partial charge >= 0.3 is 0 Å². The number of nitrogens with two attached hydrogens (primary N) is 2. The summed E-state index contributed by atoms with van der Waals surface area (Å²) in [5.41, 5.74) is 13.7. The highest BCUT2D eigenvalue weighted by Crippen LogP contribution is 2.33. The topological polar surface area (TPSA) is 94.9 Å². The van der Waals surface area contributed by atoms with Gasteiger partial charge in [0, 0.05) is 5.70 Å². The van der Waals surface area contributed by atoms with Crippen LogP contribution in [0, 0.1) is 0 Å². The summed E-state index contributed by atoms with van der Waals surface area (Å²) in [4.78, 5) is 4.35. The molecule has 0 saturated carbocycles. The van der Waals surface area contributed by atoms with Gasteiger partial charge in [0.15, 0.2) is 11.6 Å². The van der Waals surface area contributed by atoms with Crippen LogP contribution in [0.5, 0.6) is 11.5 Å². The Bertz CT molecular complexity index is 849. The average molecular weight is 359 g/mol.